The summed E-state index contributed by atoms with van der Waals surface area (Å²) in [4.78, 5) is 19.9. The number of H-pyrrole nitrogens is 1. The molecule has 82 valence electrons. The molecule has 0 amide bonds. The Kier molecular flexibility index (Phi) is 3.01. The molecular weight excluding hydrogens is 192 g/mol. The molecule has 0 atom stereocenters. The van der Waals surface area contributed by atoms with Gasteiger partial charge in [0.2, 0.25) is 0 Å². The summed E-state index contributed by atoms with van der Waals surface area (Å²) >= 11 is 0. The molecule has 1 aromatic heterocycles. The maximum atomic E-state index is 11.1. The van der Waals surface area contributed by atoms with Crippen molar-refractivity contribution in [3.05, 3.63) is 22.7 Å². The highest BCUT2D eigenvalue weighted by Crippen LogP contribution is 2.19. The number of nitrogens with two attached hydrogens (primary N) is 1. The lowest BCUT2D eigenvalue weighted by Crippen LogP contribution is -2.37. The van der Waals surface area contributed by atoms with Crippen LogP contribution in [0.4, 0.5) is 5.82 Å². The van der Waals surface area contributed by atoms with E-state index in [0.717, 1.165) is 38.3 Å². The number of aromatic nitrogens is 2. The first-order valence-corrected chi connectivity index (χ1v) is 5.29. The second-order valence-electron chi connectivity index (χ2n) is 3.94. The first-order valence-electron chi connectivity index (χ1n) is 5.29. The van der Waals surface area contributed by atoms with Crippen molar-refractivity contribution in [3.63, 3.8) is 0 Å². The second-order valence-corrected chi connectivity index (χ2v) is 3.94. The lowest BCUT2D eigenvalue weighted by Gasteiger charge is -2.31. The minimum atomic E-state index is -0.0963. The van der Waals surface area contributed by atoms with E-state index in [1.165, 1.54) is 6.33 Å². The lowest BCUT2D eigenvalue weighted by atomic mass is 9.97. The van der Waals surface area contributed by atoms with Crippen molar-refractivity contribution in [2.75, 3.05) is 24.5 Å². The Morgan fingerprint density at radius 2 is 2.27 bits per heavy atom. The smallest absolute Gasteiger partial charge is 0.252 e. The van der Waals surface area contributed by atoms with Crippen molar-refractivity contribution >= 4 is 5.82 Å². The van der Waals surface area contributed by atoms with Gasteiger partial charge in [0, 0.05) is 19.2 Å². The summed E-state index contributed by atoms with van der Waals surface area (Å²) < 4.78 is 0. The van der Waals surface area contributed by atoms with Gasteiger partial charge in [0.15, 0.2) is 0 Å². The third kappa shape index (κ3) is 2.36. The molecule has 0 aromatic carbocycles. The molecule has 0 aliphatic carbocycles. The largest absolute Gasteiger partial charge is 0.356 e. The van der Waals surface area contributed by atoms with Crippen LogP contribution in [0.2, 0.25) is 0 Å². The topological polar surface area (TPSA) is 75.0 Å². The number of hydrogen-bond donors (Lipinski definition) is 2. The van der Waals surface area contributed by atoms with Gasteiger partial charge in [-0.2, -0.15) is 0 Å². The normalized spacial score (nSPS) is 18.1. The van der Waals surface area contributed by atoms with E-state index in [9.17, 15) is 4.79 Å². The summed E-state index contributed by atoms with van der Waals surface area (Å²) in [5.74, 6) is 1.40. The van der Waals surface area contributed by atoms with Crippen LogP contribution in [0.1, 0.15) is 12.8 Å². The highest BCUT2D eigenvalue weighted by atomic mass is 16.1. The SMILES string of the molecule is NCC1CCN(c2cc(=O)[nH]cn2)CC1. The Morgan fingerprint density at radius 1 is 1.53 bits per heavy atom. The van der Waals surface area contributed by atoms with E-state index in [-0.39, 0.29) is 5.56 Å². The van der Waals surface area contributed by atoms with Crippen LogP contribution in [0.15, 0.2) is 17.2 Å². The van der Waals surface area contributed by atoms with Gasteiger partial charge in [0.1, 0.15) is 5.82 Å². The third-order valence-electron chi connectivity index (χ3n) is 2.94. The van der Waals surface area contributed by atoms with Crippen molar-refractivity contribution in [3.8, 4) is 0 Å². The molecule has 1 saturated heterocycles. The van der Waals surface area contributed by atoms with Crippen LogP contribution in [0.25, 0.3) is 0 Å². The van der Waals surface area contributed by atoms with E-state index >= 15 is 0 Å². The van der Waals surface area contributed by atoms with E-state index in [4.69, 9.17) is 5.73 Å². The average molecular weight is 208 g/mol. The number of hydrogen-bond acceptors (Lipinski definition) is 4. The Hall–Kier alpha value is -1.36. The van der Waals surface area contributed by atoms with Gasteiger partial charge in [-0.25, -0.2) is 4.98 Å². The van der Waals surface area contributed by atoms with Crippen LogP contribution < -0.4 is 16.2 Å². The quantitative estimate of drug-likeness (QED) is 0.714. The van der Waals surface area contributed by atoms with Crippen molar-refractivity contribution in [2.24, 2.45) is 11.7 Å². The maximum absolute atomic E-state index is 11.1. The third-order valence-corrected chi connectivity index (χ3v) is 2.94. The minimum Gasteiger partial charge on any atom is -0.356 e. The van der Waals surface area contributed by atoms with E-state index in [2.05, 4.69) is 14.9 Å². The number of anilines is 1. The minimum absolute atomic E-state index is 0.0963. The molecule has 15 heavy (non-hydrogen) atoms. The number of nitrogens with zero attached hydrogens (tertiary/aromatic N) is 2. The fourth-order valence-electron chi connectivity index (χ4n) is 1.93. The molecule has 2 rings (SSSR count). The Labute approximate surface area is 88.3 Å². The van der Waals surface area contributed by atoms with Gasteiger partial charge in [-0.3, -0.25) is 4.79 Å². The molecule has 1 aliphatic heterocycles. The predicted molar refractivity (Wildman–Crippen MR) is 58.8 cm³/mol. The first-order chi connectivity index (χ1) is 7.29. The molecule has 0 saturated carbocycles. The molecule has 1 aromatic rings. The van der Waals surface area contributed by atoms with Crippen molar-refractivity contribution in [2.45, 2.75) is 12.8 Å². The molecule has 0 spiro atoms. The summed E-state index contributed by atoms with van der Waals surface area (Å²) in [6, 6.07) is 1.54. The molecule has 0 bridgehead atoms. The van der Waals surface area contributed by atoms with E-state index in [1.54, 1.807) is 6.07 Å². The summed E-state index contributed by atoms with van der Waals surface area (Å²) in [6.07, 6.45) is 3.63. The number of piperidine rings is 1. The molecule has 1 aliphatic rings. The van der Waals surface area contributed by atoms with Gasteiger partial charge in [0.05, 0.1) is 6.33 Å². The van der Waals surface area contributed by atoms with Crippen LogP contribution in [-0.2, 0) is 0 Å². The molecule has 5 heteroatoms. The van der Waals surface area contributed by atoms with Crippen molar-refractivity contribution < 1.29 is 0 Å². The van der Waals surface area contributed by atoms with Gasteiger partial charge < -0.3 is 15.6 Å². The Balaban J connectivity index is 2.04. The van der Waals surface area contributed by atoms with Crippen LogP contribution in [0, 0.1) is 5.92 Å². The van der Waals surface area contributed by atoms with Gasteiger partial charge in [-0.15, -0.1) is 0 Å². The zero-order valence-electron chi connectivity index (χ0n) is 8.65. The summed E-state index contributed by atoms with van der Waals surface area (Å²) in [6.45, 7) is 2.65. The predicted octanol–water partition coefficient (Wildman–Crippen LogP) is -0.0550. The van der Waals surface area contributed by atoms with Gasteiger partial charge in [-0.1, -0.05) is 0 Å². The Bertz CT molecular complexity index is 368. The fraction of sp³-hybridized carbons (Fsp3) is 0.600. The van der Waals surface area contributed by atoms with Crippen LogP contribution in [-0.4, -0.2) is 29.6 Å². The van der Waals surface area contributed by atoms with E-state index in [1.807, 2.05) is 0 Å². The van der Waals surface area contributed by atoms with Crippen LogP contribution >= 0.6 is 0 Å². The molecule has 3 N–H and O–H groups in total. The zero-order valence-corrected chi connectivity index (χ0v) is 8.65. The highest BCUT2D eigenvalue weighted by molar-refractivity contribution is 5.36. The maximum Gasteiger partial charge on any atom is 0.252 e. The number of rotatable bonds is 2. The van der Waals surface area contributed by atoms with Crippen molar-refractivity contribution in [1.82, 2.24) is 9.97 Å². The summed E-state index contributed by atoms with van der Waals surface area (Å²) in [5, 5.41) is 0. The highest BCUT2D eigenvalue weighted by Gasteiger charge is 2.18. The average Bonchev–Trinajstić information content (AvgIpc) is 2.29. The molecular formula is C10H16N4O. The van der Waals surface area contributed by atoms with Crippen LogP contribution in [0.5, 0.6) is 0 Å². The monoisotopic (exact) mass is 208 g/mol. The molecule has 2 heterocycles. The van der Waals surface area contributed by atoms with Gasteiger partial charge >= 0.3 is 0 Å². The molecule has 1 fully saturated rings. The zero-order chi connectivity index (χ0) is 10.7. The first kappa shape index (κ1) is 10.2. The van der Waals surface area contributed by atoms with Gasteiger partial charge in [0.25, 0.3) is 5.56 Å². The molecule has 0 radical (unpaired) electrons. The van der Waals surface area contributed by atoms with E-state index < -0.39 is 0 Å². The van der Waals surface area contributed by atoms with Crippen LogP contribution in [0.3, 0.4) is 0 Å². The van der Waals surface area contributed by atoms with Gasteiger partial charge in [-0.05, 0) is 25.3 Å². The van der Waals surface area contributed by atoms with Crippen molar-refractivity contribution in [1.29, 1.82) is 0 Å². The summed E-state index contributed by atoms with van der Waals surface area (Å²) in [7, 11) is 0. The molecule has 5 nitrogen and oxygen atoms in total. The molecule has 0 unspecified atom stereocenters. The standard InChI is InChI=1S/C10H16N4O/c11-6-8-1-3-14(4-2-8)9-5-10(15)13-7-12-9/h5,7-8H,1-4,6,11H2,(H,12,13,15). The fourth-order valence-corrected chi connectivity index (χ4v) is 1.93. The number of nitrogens with one attached hydrogen (secondary N) is 1. The second kappa shape index (κ2) is 4.44. The van der Waals surface area contributed by atoms with E-state index in [0.29, 0.717) is 5.92 Å². The number of aromatic amines is 1. The lowest BCUT2D eigenvalue weighted by molar-refractivity contribution is 0.413. The summed E-state index contributed by atoms with van der Waals surface area (Å²) in [5.41, 5.74) is 5.53. The Morgan fingerprint density at radius 3 is 2.87 bits per heavy atom.